The summed E-state index contributed by atoms with van der Waals surface area (Å²) in [5.41, 5.74) is 1.74. The maximum atomic E-state index is 14.5. The normalized spacial score (nSPS) is 29.2. The molecule has 0 aromatic heterocycles. The molecular formula is C36H32N2O6. The topological polar surface area (TPSA) is 104 Å². The zero-order chi connectivity index (χ0) is 30.9. The third-order valence-electron chi connectivity index (χ3n) is 10.2. The predicted molar refractivity (Wildman–Crippen MR) is 165 cm³/mol. The highest BCUT2D eigenvalue weighted by atomic mass is 16.5. The van der Waals surface area contributed by atoms with Crippen molar-refractivity contribution in [1.29, 1.82) is 0 Å². The van der Waals surface area contributed by atoms with Crippen LogP contribution in [0, 0.1) is 29.1 Å². The number of allylic oxidation sites excluding steroid dienone is 2. The molecule has 8 heteroatoms. The number of nitrogens with zero attached hydrogens (tertiary/aromatic N) is 2. The fourth-order valence-electron chi connectivity index (χ4n) is 8.16. The smallest absolute Gasteiger partial charge is 0.241 e. The maximum absolute atomic E-state index is 14.5. The summed E-state index contributed by atoms with van der Waals surface area (Å²) >= 11 is 0. The number of amides is 4. The van der Waals surface area contributed by atoms with Gasteiger partial charge in [0.25, 0.3) is 0 Å². The van der Waals surface area contributed by atoms with Crippen LogP contribution in [0.25, 0.3) is 6.08 Å². The van der Waals surface area contributed by atoms with Crippen LogP contribution in [-0.4, -0.2) is 35.8 Å². The van der Waals surface area contributed by atoms with Gasteiger partial charge in [0.2, 0.25) is 23.6 Å². The second-order valence-corrected chi connectivity index (χ2v) is 12.2. The van der Waals surface area contributed by atoms with Crippen LogP contribution < -0.4 is 14.5 Å². The minimum absolute atomic E-state index is 0.0610. The molecule has 3 aromatic rings. The summed E-state index contributed by atoms with van der Waals surface area (Å²) in [5, 5.41) is 11.3. The van der Waals surface area contributed by atoms with E-state index in [0.717, 1.165) is 11.1 Å². The monoisotopic (exact) mass is 588 g/mol. The van der Waals surface area contributed by atoms with Gasteiger partial charge >= 0.3 is 0 Å². The van der Waals surface area contributed by atoms with E-state index in [9.17, 15) is 24.3 Å². The first kappa shape index (κ1) is 27.8. The number of aromatic hydroxyl groups is 1. The Hall–Kier alpha value is -4.98. The quantitative estimate of drug-likeness (QED) is 0.313. The van der Waals surface area contributed by atoms with Gasteiger partial charge in [0.05, 0.1) is 41.7 Å². The fraction of sp³-hybridized carbons (Fsp3) is 0.278. The molecule has 1 N–H and O–H groups in total. The molecule has 2 aliphatic carbocycles. The number of rotatable bonds is 5. The van der Waals surface area contributed by atoms with Gasteiger partial charge in [0.15, 0.2) is 0 Å². The summed E-state index contributed by atoms with van der Waals surface area (Å²) in [4.78, 5) is 59.3. The molecule has 1 saturated carbocycles. The largest absolute Gasteiger partial charge is 0.508 e. The number of phenols is 1. The summed E-state index contributed by atoms with van der Waals surface area (Å²) in [6, 6.07) is 20.8. The number of ether oxygens (including phenoxy) is 1. The molecule has 0 bridgehead atoms. The van der Waals surface area contributed by atoms with Gasteiger partial charge in [0.1, 0.15) is 11.5 Å². The highest BCUT2D eigenvalue weighted by Crippen LogP contribution is 2.65. The Balaban J connectivity index is 1.38. The molecule has 0 spiro atoms. The lowest BCUT2D eigenvalue weighted by molar-refractivity contribution is -0.131. The molecule has 4 aliphatic rings. The van der Waals surface area contributed by atoms with E-state index in [1.807, 2.05) is 24.3 Å². The second kappa shape index (κ2) is 10.0. The van der Waals surface area contributed by atoms with Gasteiger partial charge in [-0.25, -0.2) is 4.90 Å². The first-order valence-electron chi connectivity index (χ1n) is 14.8. The number of fused-ring (bicyclic) bond motifs is 4. The lowest BCUT2D eigenvalue weighted by Gasteiger charge is -2.49. The summed E-state index contributed by atoms with van der Waals surface area (Å²) in [5.74, 6) is -4.34. The van der Waals surface area contributed by atoms with Crippen LogP contribution in [0.15, 0.2) is 91.0 Å². The van der Waals surface area contributed by atoms with E-state index in [2.05, 4.69) is 6.58 Å². The van der Waals surface area contributed by atoms with Crippen molar-refractivity contribution in [1.82, 2.24) is 0 Å². The average molecular weight is 589 g/mol. The van der Waals surface area contributed by atoms with E-state index in [1.165, 1.54) is 16.9 Å². The minimum Gasteiger partial charge on any atom is -0.508 e. The van der Waals surface area contributed by atoms with Gasteiger partial charge in [0, 0.05) is 11.5 Å². The average Bonchev–Trinajstić information content (AvgIpc) is 3.41. The number of carbonyl (C=O) groups is 4. The summed E-state index contributed by atoms with van der Waals surface area (Å²) in [7, 11) is 1.50. The predicted octanol–water partition coefficient (Wildman–Crippen LogP) is 5.48. The zero-order valence-electron chi connectivity index (χ0n) is 24.5. The van der Waals surface area contributed by atoms with Gasteiger partial charge in [-0.05, 0) is 67.6 Å². The molecule has 8 nitrogen and oxygen atoms in total. The number of methoxy groups -OCH3 is 1. The van der Waals surface area contributed by atoms with Crippen molar-refractivity contribution >= 4 is 41.1 Å². The number of hydrogen-bond acceptors (Lipinski definition) is 6. The Morgan fingerprint density at radius 1 is 0.864 bits per heavy atom. The van der Waals surface area contributed by atoms with E-state index >= 15 is 0 Å². The van der Waals surface area contributed by atoms with Crippen molar-refractivity contribution in [3.63, 3.8) is 0 Å². The molecule has 0 radical (unpaired) electrons. The van der Waals surface area contributed by atoms with Gasteiger partial charge in [-0.1, -0.05) is 60.7 Å². The van der Waals surface area contributed by atoms with E-state index < -0.39 is 35.0 Å². The van der Waals surface area contributed by atoms with Crippen LogP contribution in [0.1, 0.15) is 36.8 Å². The number of carbonyl (C=O) groups excluding carboxylic acids is 4. The molecule has 4 amide bonds. The minimum atomic E-state index is -1.28. The lowest BCUT2D eigenvalue weighted by atomic mass is 9.51. The van der Waals surface area contributed by atoms with Crippen LogP contribution in [-0.2, 0) is 19.2 Å². The molecule has 3 fully saturated rings. The third kappa shape index (κ3) is 3.69. The Morgan fingerprint density at radius 2 is 1.57 bits per heavy atom. The van der Waals surface area contributed by atoms with Crippen molar-refractivity contribution in [3.05, 3.63) is 102 Å². The van der Waals surface area contributed by atoms with Gasteiger partial charge in [-0.3, -0.25) is 24.1 Å². The number of benzene rings is 3. The second-order valence-electron chi connectivity index (χ2n) is 12.2. The molecule has 7 rings (SSSR count). The Bertz CT molecular complexity index is 1760. The molecule has 222 valence electrons. The highest BCUT2D eigenvalue weighted by Gasteiger charge is 2.68. The van der Waals surface area contributed by atoms with Crippen LogP contribution in [0.5, 0.6) is 11.5 Å². The molecule has 2 aliphatic heterocycles. The van der Waals surface area contributed by atoms with E-state index in [4.69, 9.17) is 4.74 Å². The number of anilines is 2. The van der Waals surface area contributed by atoms with Crippen LogP contribution in [0.3, 0.4) is 0 Å². The molecule has 6 atom stereocenters. The molecule has 2 heterocycles. The molecule has 6 unspecified atom stereocenters. The molecule has 3 aromatic carbocycles. The number of imide groups is 2. The Kier molecular flexibility index (Phi) is 6.35. The fourth-order valence-corrected chi connectivity index (χ4v) is 8.16. The summed E-state index contributed by atoms with van der Waals surface area (Å²) < 4.78 is 5.71. The van der Waals surface area contributed by atoms with Crippen molar-refractivity contribution in [2.45, 2.75) is 25.7 Å². The van der Waals surface area contributed by atoms with Crippen LogP contribution >= 0.6 is 0 Å². The molecule has 44 heavy (non-hydrogen) atoms. The maximum Gasteiger partial charge on any atom is 0.241 e. The summed E-state index contributed by atoms with van der Waals surface area (Å²) in [6.07, 6.45) is 4.19. The van der Waals surface area contributed by atoms with Crippen molar-refractivity contribution in [3.8, 4) is 11.5 Å². The van der Waals surface area contributed by atoms with Crippen molar-refractivity contribution in [2.24, 2.45) is 29.1 Å². The number of phenolic OH excluding ortho intramolecular Hbond substituents is 1. The van der Waals surface area contributed by atoms with Gasteiger partial charge in [-0.2, -0.15) is 0 Å². The zero-order valence-corrected chi connectivity index (χ0v) is 24.5. The third-order valence-corrected chi connectivity index (χ3v) is 10.2. The summed E-state index contributed by atoms with van der Waals surface area (Å²) in [6.45, 7) is 5.56. The number of para-hydroxylation sites is 1. The number of hydrogen-bond donors (Lipinski definition) is 1. The Morgan fingerprint density at radius 3 is 2.25 bits per heavy atom. The van der Waals surface area contributed by atoms with Gasteiger partial charge in [-0.15, -0.1) is 0 Å². The first-order chi connectivity index (χ1) is 21.2. The van der Waals surface area contributed by atoms with Crippen LogP contribution in [0.4, 0.5) is 11.4 Å². The van der Waals surface area contributed by atoms with E-state index in [-0.39, 0.29) is 35.8 Å². The highest BCUT2D eigenvalue weighted by molar-refractivity contribution is 6.25. The van der Waals surface area contributed by atoms with E-state index in [0.29, 0.717) is 29.1 Å². The SMILES string of the molecule is C=Cc1ccc(N2C(=O)C3CC=C4C(CC5C(=O)N(c6ccccc6)C(=O)C5(C)C4c4c(O)cccc4OC)C3C2=O)cc1. The first-order valence-corrected chi connectivity index (χ1v) is 14.8. The lowest BCUT2D eigenvalue weighted by Crippen LogP contribution is -2.49. The van der Waals surface area contributed by atoms with Gasteiger partial charge < -0.3 is 9.84 Å². The molecular weight excluding hydrogens is 556 g/mol. The van der Waals surface area contributed by atoms with Crippen molar-refractivity contribution in [2.75, 3.05) is 16.9 Å². The van der Waals surface area contributed by atoms with Crippen molar-refractivity contribution < 1.29 is 29.0 Å². The Labute approximate surface area is 255 Å². The molecule has 2 saturated heterocycles. The van der Waals surface area contributed by atoms with Crippen LogP contribution in [0.2, 0.25) is 0 Å². The standard InChI is InChI=1S/C36H32N2O6/c1-4-20-13-15-22(16-14-20)37-32(40)24-18-17-23-25(29(24)34(37)42)19-26-33(41)38(21-9-6-5-7-10-21)35(43)36(26,2)31(23)30-27(39)11-8-12-28(30)44-3/h4-17,24-26,29,31,39H,1,18-19H2,2-3H3. The van der Waals surface area contributed by atoms with E-state index in [1.54, 1.807) is 67.6 Å².